The molecule has 0 spiro atoms. The lowest BCUT2D eigenvalue weighted by Gasteiger charge is -2.09. The normalized spacial score (nSPS) is 12.4. The average molecular weight is 409 g/mol. The summed E-state index contributed by atoms with van der Waals surface area (Å²) in [7, 11) is 0. The smallest absolute Gasteiger partial charge is 0.136 e. The highest BCUT2D eigenvalue weighted by Crippen LogP contribution is 2.25. The summed E-state index contributed by atoms with van der Waals surface area (Å²) in [5.41, 5.74) is 2.41. The van der Waals surface area contributed by atoms with Gasteiger partial charge in [-0.2, -0.15) is 11.3 Å². The Morgan fingerprint density at radius 2 is 2.03 bits per heavy atom. The van der Waals surface area contributed by atoms with Crippen molar-refractivity contribution < 1.29 is 9.53 Å². The molecule has 0 amide bonds. The Labute approximate surface area is 180 Å². The van der Waals surface area contributed by atoms with E-state index in [0.717, 1.165) is 25.0 Å². The van der Waals surface area contributed by atoms with Crippen LogP contribution in [0.1, 0.15) is 53.4 Å². The minimum atomic E-state index is 0.0130. The first-order valence-electron chi connectivity index (χ1n) is 10.3. The molecule has 0 aliphatic rings. The molecule has 154 valence electrons. The summed E-state index contributed by atoms with van der Waals surface area (Å²) in [6.07, 6.45) is 6.98. The van der Waals surface area contributed by atoms with Crippen LogP contribution in [-0.4, -0.2) is 12.4 Å². The van der Waals surface area contributed by atoms with Gasteiger partial charge in [-0.05, 0) is 86.2 Å². The quantitative estimate of drug-likeness (QED) is 0.308. The van der Waals surface area contributed by atoms with Crippen molar-refractivity contribution in [3.8, 4) is 28.7 Å². The molecule has 1 heterocycles. The van der Waals surface area contributed by atoms with Crippen LogP contribution in [0.2, 0.25) is 0 Å². The molecule has 0 bridgehead atoms. The first-order valence-corrected chi connectivity index (χ1v) is 11.3. The molecule has 0 saturated heterocycles. The first kappa shape index (κ1) is 23.0. The van der Waals surface area contributed by atoms with Crippen LogP contribution in [0.3, 0.4) is 0 Å². The minimum absolute atomic E-state index is 0.0130. The molecule has 3 heteroatoms. The summed E-state index contributed by atoms with van der Waals surface area (Å²) in [6.45, 7) is 8.89. The van der Waals surface area contributed by atoms with Crippen molar-refractivity contribution in [1.82, 2.24) is 0 Å². The van der Waals surface area contributed by atoms with Gasteiger partial charge in [-0.1, -0.05) is 37.0 Å². The van der Waals surface area contributed by atoms with Gasteiger partial charge < -0.3 is 4.74 Å². The lowest BCUT2D eigenvalue weighted by molar-refractivity contribution is -0.122. The maximum absolute atomic E-state index is 12.3. The Kier molecular flexibility index (Phi) is 9.22. The van der Waals surface area contributed by atoms with Crippen LogP contribution in [-0.2, 0) is 4.79 Å². The monoisotopic (exact) mass is 408 g/mol. The van der Waals surface area contributed by atoms with Crippen molar-refractivity contribution in [2.24, 2.45) is 11.3 Å². The molecule has 29 heavy (non-hydrogen) atoms. The van der Waals surface area contributed by atoms with Crippen molar-refractivity contribution in [3.63, 3.8) is 0 Å². The number of hydrogen-bond acceptors (Lipinski definition) is 3. The van der Waals surface area contributed by atoms with Crippen LogP contribution in [0.15, 0.2) is 53.2 Å². The van der Waals surface area contributed by atoms with Gasteiger partial charge in [-0.15, -0.1) is 0 Å². The maximum Gasteiger partial charge on any atom is 0.136 e. The van der Waals surface area contributed by atoms with Crippen LogP contribution in [0, 0.1) is 23.2 Å². The molecule has 0 radical (unpaired) electrons. The van der Waals surface area contributed by atoms with Gasteiger partial charge in [0.15, 0.2) is 0 Å². The summed E-state index contributed by atoms with van der Waals surface area (Å²) in [6, 6.07) is 10.3. The predicted molar refractivity (Wildman–Crippen MR) is 124 cm³/mol. The fraction of sp³-hybridized carbons (Fsp3) is 0.423. The molecule has 2 rings (SSSR count). The van der Waals surface area contributed by atoms with Gasteiger partial charge in [0.2, 0.25) is 0 Å². The van der Waals surface area contributed by atoms with Crippen LogP contribution >= 0.6 is 11.3 Å². The van der Waals surface area contributed by atoms with Crippen molar-refractivity contribution in [3.05, 3.63) is 53.2 Å². The van der Waals surface area contributed by atoms with Crippen molar-refractivity contribution in [2.45, 2.75) is 53.4 Å². The van der Waals surface area contributed by atoms with Crippen LogP contribution in [0.25, 0.3) is 11.1 Å². The maximum atomic E-state index is 12.3. The number of thiophene rings is 1. The number of allylic oxidation sites excluding steroid dienone is 2. The Bertz CT molecular complexity index is 845. The number of ketones is 1. The number of rotatable bonds is 10. The van der Waals surface area contributed by atoms with E-state index in [2.05, 4.69) is 61.6 Å². The topological polar surface area (TPSA) is 26.3 Å². The summed E-state index contributed by atoms with van der Waals surface area (Å²) in [5, 5.41) is 4.22. The molecule has 0 aliphatic heterocycles. The molecular formula is C26H32O2S. The highest BCUT2D eigenvalue weighted by Gasteiger charge is 2.10. The van der Waals surface area contributed by atoms with Gasteiger partial charge in [0.05, 0.1) is 6.61 Å². The summed E-state index contributed by atoms with van der Waals surface area (Å²) in [4.78, 5) is 12.3. The Morgan fingerprint density at radius 1 is 1.21 bits per heavy atom. The van der Waals surface area contributed by atoms with Crippen LogP contribution in [0.4, 0.5) is 0 Å². The Balaban J connectivity index is 1.64. The van der Waals surface area contributed by atoms with Gasteiger partial charge in [0.1, 0.15) is 11.5 Å². The number of unbranched alkanes of at least 4 members (excludes halogenated alkanes) is 1. The van der Waals surface area contributed by atoms with Gasteiger partial charge >= 0.3 is 0 Å². The van der Waals surface area contributed by atoms with Crippen molar-refractivity contribution in [2.75, 3.05) is 6.61 Å². The second-order valence-corrected chi connectivity index (χ2v) is 9.15. The average Bonchev–Trinajstić information content (AvgIpc) is 3.21. The fourth-order valence-electron chi connectivity index (χ4n) is 2.75. The van der Waals surface area contributed by atoms with Gasteiger partial charge in [-0.25, -0.2) is 0 Å². The number of carbonyl (C=O) groups is 1. The highest BCUT2D eigenvalue weighted by molar-refractivity contribution is 7.08. The first-order chi connectivity index (χ1) is 13.8. The molecule has 0 saturated carbocycles. The third-order valence-electron chi connectivity index (χ3n) is 4.46. The third kappa shape index (κ3) is 9.15. The van der Waals surface area contributed by atoms with Gasteiger partial charge in [0, 0.05) is 17.8 Å². The highest BCUT2D eigenvalue weighted by atomic mass is 32.1. The molecule has 2 nitrogen and oxygen atoms in total. The zero-order chi connectivity index (χ0) is 21.1. The van der Waals surface area contributed by atoms with E-state index in [1.54, 1.807) is 11.3 Å². The van der Waals surface area contributed by atoms with E-state index in [-0.39, 0.29) is 11.3 Å². The minimum Gasteiger partial charge on any atom is -0.494 e. The second kappa shape index (κ2) is 11.6. The number of Topliss-reactive ketones (excluding diaryl/α,β-unsaturated/α-hetero) is 1. The molecule has 0 N–H and O–H groups in total. The molecule has 2 aromatic rings. The SMILES string of the molecule is CC(CC=CC#CC(C)(C)C)C(=O)CCCCOc1cccc(-c2ccsc2)c1. The molecule has 0 fully saturated rings. The molecular weight excluding hydrogens is 376 g/mol. The zero-order valence-electron chi connectivity index (χ0n) is 18.0. The summed E-state index contributed by atoms with van der Waals surface area (Å²) in [5.74, 6) is 7.46. The van der Waals surface area contributed by atoms with Crippen molar-refractivity contribution in [1.29, 1.82) is 0 Å². The van der Waals surface area contributed by atoms with Crippen LogP contribution in [0.5, 0.6) is 5.75 Å². The van der Waals surface area contributed by atoms with E-state index in [1.807, 2.05) is 31.2 Å². The largest absolute Gasteiger partial charge is 0.494 e. The Hall–Kier alpha value is -2.31. The second-order valence-electron chi connectivity index (χ2n) is 8.37. The lowest BCUT2D eigenvalue weighted by atomic mass is 9.97. The van der Waals surface area contributed by atoms with Crippen LogP contribution < -0.4 is 4.74 Å². The van der Waals surface area contributed by atoms with E-state index in [4.69, 9.17) is 4.74 Å². The number of hydrogen-bond donors (Lipinski definition) is 0. The zero-order valence-corrected chi connectivity index (χ0v) is 18.9. The molecule has 1 unspecified atom stereocenters. The molecule has 1 aromatic heterocycles. The van der Waals surface area contributed by atoms with Gasteiger partial charge in [-0.3, -0.25) is 4.79 Å². The van der Waals surface area contributed by atoms with E-state index < -0.39 is 0 Å². The standard InChI is InChI=1S/C26H32O2S/c1-21(11-6-5-8-16-26(2,3)4)25(27)14-7-9-17-28-24-13-10-12-22(19-24)23-15-18-29-20-23/h5-6,10,12-13,15,18-21H,7,9,11,14,17H2,1-4H3. The lowest BCUT2D eigenvalue weighted by Crippen LogP contribution is -2.10. The van der Waals surface area contributed by atoms with E-state index in [0.29, 0.717) is 18.8 Å². The summed E-state index contributed by atoms with van der Waals surface area (Å²) < 4.78 is 5.87. The van der Waals surface area contributed by atoms with Crippen molar-refractivity contribution >= 4 is 17.1 Å². The van der Waals surface area contributed by atoms with E-state index in [9.17, 15) is 4.79 Å². The molecule has 1 atom stereocenters. The summed E-state index contributed by atoms with van der Waals surface area (Å²) >= 11 is 1.69. The van der Waals surface area contributed by atoms with E-state index in [1.165, 1.54) is 11.1 Å². The third-order valence-corrected chi connectivity index (χ3v) is 5.15. The number of benzene rings is 1. The number of carbonyl (C=O) groups excluding carboxylic acids is 1. The molecule has 1 aromatic carbocycles. The Morgan fingerprint density at radius 3 is 2.76 bits per heavy atom. The van der Waals surface area contributed by atoms with E-state index >= 15 is 0 Å². The van der Waals surface area contributed by atoms with Gasteiger partial charge in [0.25, 0.3) is 0 Å². The number of ether oxygens (including phenoxy) is 1. The predicted octanol–water partition coefficient (Wildman–Crippen LogP) is 7.17. The fourth-order valence-corrected chi connectivity index (χ4v) is 3.42. The molecule has 0 aliphatic carbocycles.